The third kappa shape index (κ3) is 3.33. The summed E-state index contributed by atoms with van der Waals surface area (Å²) in [6, 6.07) is 40.6. The fourth-order valence-corrected chi connectivity index (χ4v) is 12.9. The monoisotopic (exact) mass is 578 g/mol. The van der Waals surface area contributed by atoms with E-state index in [1.807, 2.05) is 97.1 Å². The van der Waals surface area contributed by atoms with Crippen molar-refractivity contribution in [2.75, 3.05) is 0 Å². The van der Waals surface area contributed by atoms with Crippen molar-refractivity contribution in [1.82, 2.24) is 0 Å². The summed E-state index contributed by atoms with van der Waals surface area (Å²) in [5.41, 5.74) is 2.65. The van der Waals surface area contributed by atoms with Gasteiger partial charge in [-0.1, -0.05) is 121 Å². The van der Waals surface area contributed by atoms with E-state index in [-0.39, 0.29) is 11.9 Å². The number of rotatable bonds is 3. The summed E-state index contributed by atoms with van der Waals surface area (Å²) in [7, 11) is -5.75. The van der Waals surface area contributed by atoms with Crippen molar-refractivity contribution < 1.29 is 18.4 Å². The average molecular weight is 579 g/mol. The molecule has 0 amide bonds. The lowest BCUT2D eigenvalue weighted by Crippen LogP contribution is -2.55. The van der Waals surface area contributed by atoms with Gasteiger partial charge in [0.15, 0.2) is 0 Å². The van der Waals surface area contributed by atoms with Crippen LogP contribution in [-0.4, -0.2) is 28.6 Å². The van der Waals surface area contributed by atoms with Gasteiger partial charge in [0.05, 0.1) is 11.1 Å². The van der Waals surface area contributed by atoms with Gasteiger partial charge in [-0.3, -0.25) is 0 Å². The van der Waals surface area contributed by atoms with Gasteiger partial charge in [0.25, 0.3) is 0 Å². The van der Waals surface area contributed by atoms with E-state index in [0.717, 1.165) is 53.4 Å². The van der Waals surface area contributed by atoms with Gasteiger partial charge in [-0.15, -0.1) is 0 Å². The first-order valence-corrected chi connectivity index (χ1v) is 18.9. The summed E-state index contributed by atoms with van der Waals surface area (Å²) >= 11 is 0. The minimum Gasteiger partial charge on any atom is -0.507 e. The number of fused-ring (bicyclic) bond motifs is 4. The van der Waals surface area contributed by atoms with Gasteiger partial charge in [0, 0.05) is 11.1 Å². The topological polar surface area (TPSA) is 52.6 Å². The molecule has 2 aliphatic rings. The van der Waals surface area contributed by atoms with Gasteiger partial charge in [-0.05, 0) is 55.4 Å². The molecule has 202 valence electrons. The van der Waals surface area contributed by atoms with Crippen molar-refractivity contribution in [3.05, 3.63) is 132 Å². The molecule has 6 aromatic carbocycles. The Morgan fingerprint density at radius 1 is 0.452 bits per heavy atom. The Morgan fingerprint density at radius 3 is 1.21 bits per heavy atom. The van der Waals surface area contributed by atoms with Crippen LogP contribution in [0.25, 0.3) is 32.7 Å². The molecule has 0 aromatic heterocycles. The van der Waals surface area contributed by atoms with Crippen LogP contribution in [-0.2, 0) is 8.85 Å². The van der Waals surface area contributed by atoms with E-state index in [0.29, 0.717) is 11.1 Å². The first-order chi connectivity index (χ1) is 20.4. The fourth-order valence-electron chi connectivity index (χ4n) is 6.92. The van der Waals surface area contributed by atoms with Crippen LogP contribution in [0.15, 0.2) is 121 Å². The highest BCUT2D eigenvalue weighted by Gasteiger charge is 2.51. The first kappa shape index (κ1) is 25.0. The Bertz CT molecular complexity index is 1960. The molecule has 8 rings (SSSR count). The lowest BCUT2D eigenvalue weighted by atomic mass is 9.87. The van der Waals surface area contributed by atoms with Gasteiger partial charge < -0.3 is 8.85 Å². The van der Waals surface area contributed by atoms with E-state index >= 15 is 0 Å². The summed E-state index contributed by atoms with van der Waals surface area (Å²) in [6.45, 7) is 4.18. The molecule has 2 aliphatic heterocycles. The van der Waals surface area contributed by atoms with Crippen LogP contribution in [0.5, 0.6) is 0 Å². The largest absolute Gasteiger partial charge is 0.507 e. The van der Waals surface area contributed by atoms with Gasteiger partial charge in [0.2, 0.25) is 0 Å². The second kappa shape index (κ2) is 8.85. The lowest BCUT2D eigenvalue weighted by molar-refractivity contribution is 0.0734. The van der Waals surface area contributed by atoms with E-state index < -0.39 is 16.6 Å². The Labute approximate surface area is 245 Å². The van der Waals surface area contributed by atoms with Crippen molar-refractivity contribution in [2.24, 2.45) is 0 Å². The van der Waals surface area contributed by atoms with Gasteiger partial charge in [0.1, 0.15) is 0 Å². The maximum atomic E-state index is 14.1. The normalized spacial score (nSPS) is 20.8. The number of carbonyl (C=O) groups is 2. The predicted octanol–water partition coefficient (Wildman–Crippen LogP) is 5.38. The Morgan fingerprint density at radius 2 is 0.810 bits per heavy atom. The molecule has 0 fully saturated rings. The molecular formula is C36H26O4Si2. The molecule has 0 N–H and O–H groups in total. The second-order valence-corrected chi connectivity index (χ2v) is 18.1. The summed E-state index contributed by atoms with van der Waals surface area (Å²) in [5.74, 6) is -0.667. The summed E-state index contributed by atoms with van der Waals surface area (Å²) in [6.07, 6.45) is 0. The molecule has 4 nitrogen and oxygen atoms in total. The lowest BCUT2D eigenvalue weighted by Gasteiger charge is -2.23. The van der Waals surface area contributed by atoms with E-state index in [1.54, 1.807) is 0 Å². The van der Waals surface area contributed by atoms with Crippen LogP contribution in [0.1, 0.15) is 20.7 Å². The maximum absolute atomic E-state index is 14.1. The fraction of sp³-hybridized carbons (Fsp3) is 0.0556. The standard InChI is InChI=1S/C36H26O4Si2/c1-41(25-15-5-3-6-16-25)29-21-23-13-9-11-19-27(23)31(33(29)35(37)39-41)32-28-20-12-10-14-24(28)22-30-34(32)36(38)40-42(30,2)26-17-7-4-8-18-26/h3-22H,1-2H3. The Balaban J connectivity index is 1.54. The highest BCUT2D eigenvalue weighted by Crippen LogP contribution is 2.43. The second-order valence-electron chi connectivity index (χ2n) is 11.4. The minimum absolute atomic E-state index is 0.333. The smallest absolute Gasteiger partial charge is 0.325 e. The van der Waals surface area contributed by atoms with E-state index in [1.165, 1.54) is 0 Å². The van der Waals surface area contributed by atoms with Crippen LogP contribution in [0, 0.1) is 0 Å². The molecule has 0 saturated carbocycles. The molecule has 42 heavy (non-hydrogen) atoms. The molecule has 2 atom stereocenters. The van der Waals surface area contributed by atoms with Crippen molar-refractivity contribution >= 4 is 70.9 Å². The summed E-state index contributed by atoms with van der Waals surface area (Å²) in [5, 5.41) is 7.79. The van der Waals surface area contributed by atoms with Crippen molar-refractivity contribution in [3.63, 3.8) is 0 Å². The van der Waals surface area contributed by atoms with E-state index in [9.17, 15) is 9.59 Å². The number of hydrogen-bond acceptors (Lipinski definition) is 4. The zero-order valence-electron chi connectivity index (χ0n) is 23.2. The van der Waals surface area contributed by atoms with Crippen molar-refractivity contribution in [2.45, 2.75) is 13.1 Å². The van der Waals surface area contributed by atoms with Gasteiger partial charge >= 0.3 is 28.6 Å². The van der Waals surface area contributed by atoms with Gasteiger partial charge in [-0.25, -0.2) is 9.59 Å². The number of hydrogen-bond donors (Lipinski definition) is 0. The highest BCUT2D eigenvalue weighted by molar-refractivity contribution is 7.00. The third-order valence-electron chi connectivity index (χ3n) is 9.03. The first-order valence-electron chi connectivity index (χ1n) is 14.1. The Hall–Kier alpha value is -4.79. The average Bonchev–Trinajstić information content (AvgIpc) is 3.44. The molecule has 0 bridgehead atoms. The molecule has 2 heterocycles. The zero-order valence-corrected chi connectivity index (χ0v) is 25.2. The van der Waals surface area contributed by atoms with Crippen LogP contribution in [0.4, 0.5) is 0 Å². The van der Waals surface area contributed by atoms with Crippen LogP contribution >= 0.6 is 0 Å². The Kier molecular flexibility index (Phi) is 5.26. The molecule has 0 radical (unpaired) electrons. The van der Waals surface area contributed by atoms with Gasteiger partial charge in [-0.2, -0.15) is 0 Å². The predicted molar refractivity (Wildman–Crippen MR) is 172 cm³/mol. The maximum Gasteiger partial charge on any atom is 0.325 e. The highest BCUT2D eigenvalue weighted by atomic mass is 28.4. The summed E-state index contributed by atoms with van der Waals surface area (Å²) < 4.78 is 12.8. The van der Waals surface area contributed by atoms with Crippen LogP contribution < -0.4 is 20.7 Å². The van der Waals surface area contributed by atoms with Crippen molar-refractivity contribution in [1.29, 1.82) is 0 Å². The molecule has 2 unspecified atom stereocenters. The molecule has 6 heteroatoms. The molecule has 0 saturated heterocycles. The minimum atomic E-state index is -2.88. The van der Waals surface area contributed by atoms with Crippen LogP contribution in [0.2, 0.25) is 13.1 Å². The third-order valence-corrected chi connectivity index (χ3v) is 15.9. The zero-order chi connectivity index (χ0) is 28.6. The van der Waals surface area contributed by atoms with E-state index in [2.05, 4.69) is 37.4 Å². The molecule has 6 aromatic rings. The summed E-state index contributed by atoms with van der Waals surface area (Å²) in [4.78, 5) is 28.1. The molecule has 0 aliphatic carbocycles. The number of carbonyl (C=O) groups excluding carboxylic acids is 2. The van der Waals surface area contributed by atoms with E-state index in [4.69, 9.17) is 8.85 Å². The number of benzene rings is 6. The van der Waals surface area contributed by atoms with Crippen molar-refractivity contribution in [3.8, 4) is 11.1 Å². The molecular weight excluding hydrogens is 553 g/mol. The SMILES string of the molecule is C[Si]1(c2ccccc2)OC(=O)c2c1cc1ccccc1c2-c1c2c(cc3ccccc13)[Si](C)(c1ccccc1)OC2=O. The van der Waals surface area contributed by atoms with Crippen LogP contribution in [0.3, 0.4) is 0 Å². The molecule has 0 spiro atoms. The quantitative estimate of drug-likeness (QED) is 0.265.